The van der Waals surface area contributed by atoms with Crippen molar-refractivity contribution >= 4 is 0 Å². The molecule has 1 rings (SSSR count). The van der Waals surface area contributed by atoms with Crippen LogP contribution in [0.5, 0.6) is 0 Å². The first-order valence-electron chi connectivity index (χ1n) is 5.60. The fraction of sp³-hybridized carbons (Fsp3) is 0.667. The SMILES string of the molecule is Cc1nccc(CNCCOC(C)(C)C)n1. The lowest BCUT2D eigenvalue weighted by atomic mass is 10.2. The fourth-order valence-corrected chi connectivity index (χ4v) is 1.25. The zero-order valence-corrected chi connectivity index (χ0v) is 10.6. The van der Waals surface area contributed by atoms with Crippen molar-refractivity contribution in [2.45, 2.75) is 39.8 Å². The third-order valence-corrected chi connectivity index (χ3v) is 1.95. The van der Waals surface area contributed by atoms with E-state index < -0.39 is 0 Å². The van der Waals surface area contributed by atoms with Crippen molar-refractivity contribution < 1.29 is 4.74 Å². The number of nitrogens with one attached hydrogen (secondary N) is 1. The number of hydrogen-bond acceptors (Lipinski definition) is 4. The molecule has 0 amide bonds. The summed E-state index contributed by atoms with van der Waals surface area (Å²) in [5.41, 5.74) is 0.955. The molecule has 1 N–H and O–H groups in total. The normalized spacial score (nSPS) is 11.8. The van der Waals surface area contributed by atoms with Crippen molar-refractivity contribution in [3.8, 4) is 0 Å². The van der Waals surface area contributed by atoms with Gasteiger partial charge >= 0.3 is 0 Å². The number of aryl methyl sites for hydroxylation is 1. The Kier molecular flexibility index (Phi) is 4.83. The third-order valence-electron chi connectivity index (χ3n) is 1.95. The van der Waals surface area contributed by atoms with Crippen LogP contribution in [0.3, 0.4) is 0 Å². The molecule has 0 unspecified atom stereocenters. The molecule has 0 saturated carbocycles. The zero-order chi connectivity index (χ0) is 12.0. The van der Waals surface area contributed by atoms with Crippen molar-refractivity contribution in [3.05, 3.63) is 23.8 Å². The van der Waals surface area contributed by atoms with E-state index in [9.17, 15) is 0 Å². The molecule has 0 atom stereocenters. The largest absolute Gasteiger partial charge is 0.375 e. The predicted octanol–water partition coefficient (Wildman–Crippen LogP) is 1.69. The minimum atomic E-state index is -0.0623. The van der Waals surface area contributed by atoms with E-state index in [0.29, 0.717) is 6.61 Å². The van der Waals surface area contributed by atoms with E-state index in [0.717, 1.165) is 24.6 Å². The average molecular weight is 223 g/mol. The lowest BCUT2D eigenvalue weighted by Crippen LogP contribution is -2.26. The molecule has 1 aromatic rings. The third kappa shape index (κ3) is 5.78. The van der Waals surface area contributed by atoms with Gasteiger partial charge in [0.05, 0.1) is 17.9 Å². The first-order chi connectivity index (χ1) is 7.47. The molecule has 0 aliphatic rings. The molecule has 0 fully saturated rings. The Labute approximate surface area is 97.5 Å². The van der Waals surface area contributed by atoms with Gasteiger partial charge in [-0.3, -0.25) is 0 Å². The summed E-state index contributed by atoms with van der Waals surface area (Å²) in [4.78, 5) is 8.36. The van der Waals surface area contributed by atoms with Crippen molar-refractivity contribution in [3.63, 3.8) is 0 Å². The molecule has 16 heavy (non-hydrogen) atoms. The molecule has 1 heterocycles. The highest BCUT2D eigenvalue weighted by atomic mass is 16.5. The second-order valence-corrected chi connectivity index (χ2v) is 4.73. The highest BCUT2D eigenvalue weighted by Crippen LogP contribution is 2.05. The van der Waals surface area contributed by atoms with Gasteiger partial charge in [0, 0.05) is 19.3 Å². The van der Waals surface area contributed by atoms with Crippen molar-refractivity contribution in [1.29, 1.82) is 0 Å². The van der Waals surface area contributed by atoms with Crippen LogP contribution < -0.4 is 5.32 Å². The van der Waals surface area contributed by atoms with Gasteiger partial charge in [0.15, 0.2) is 0 Å². The Bertz CT molecular complexity index is 320. The van der Waals surface area contributed by atoms with Crippen LogP contribution in [0.25, 0.3) is 0 Å². The Hall–Kier alpha value is -1.00. The van der Waals surface area contributed by atoms with Crippen LogP contribution in [0.15, 0.2) is 12.3 Å². The van der Waals surface area contributed by atoms with Gasteiger partial charge in [-0.25, -0.2) is 9.97 Å². The maximum absolute atomic E-state index is 5.60. The van der Waals surface area contributed by atoms with Crippen molar-refractivity contribution in [2.24, 2.45) is 0 Å². The Morgan fingerprint density at radius 1 is 1.38 bits per heavy atom. The number of nitrogens with zero attached hydrogens (tertiary/aromatic N) is 2. The van der Waals surface area contributed by atoms with Gasteiger partial charge in [-0.05, 0) is 33.8 Å². The molecule has 0 radical (unpaired) electrons. The smallest absolute Gasteiger partial charge is 0.125 e. The first-order valence-corrected chi connectivity index (χ1v) is 5.60. The van der Waals surface area contributed by atoms with Gasteiger partial charge in [-0.15, -0.1) is 0 Å². The number of ether oxygens (including phenoxy) is 1. The molecule has 0 bridgehead atoms. The van der Waals surface area contributed by atoms with E-state index in [1.54, 1.807) is 6.20 Å². The molecule has 0 aliphatic carbocycles. The monoisotopic (exact) mass is 223 g/mol. The summed E-state index contributed by atoms with van der Waals surface area (Å²) >= 11 is 0. The molecule has 90 valence electrons. The Morgan fingerprint density at radius 3 is 2.75 bits per heavy atom. The average Bonchev–Trinajstić information content (AvgIpc) is 2.15. The number of aromatic nitrogens is 2. The van der Waals surface area contributed by atoms with E-state index in [1.807, 2.05) is 13.0 Å². The summed E-state index contributed by atoms with van der Waals surface area (Å²) in [5, 5.41) is 3.29. The van der Waals surface area contributed by atoms with E-state index in [1.165, 1.54) is 0 Å². The maximum atomic E-state index is 5.60. The molecule has 0 aromatic carbocycles. The number of rotatable bonds is 5. The molecule has 0 spiro atoms. The number of hydrogen-bond donors (Lipinski definition) is 1. The van der Waals surface area contributed by atoms with Gasteiger partial charge in [-0.1, -0.05) is 0 Å². The van der Waals surface area contributed by atoms with Crippen LogP contribution in [0.2, 0.25) is 0 Å². The van der Waals surface area contributed by atoms with Gasteiger partial charge in [-0.2, -0.15) is 0 Å². The second kappa shape index (κ2) is 5.92. The molecule has 0 aliphatic heterocycles. The van der Waals surface area contributed by atoms with E-state index in [4.69, 9.17) is 4.74 Å². The van der Waals surface area contributed by atoms with E-state index >= 15 is 0 Å². The van der Waals surface area contributed by atoms with Crippen LogP contribution in [0, 0.1) is 6.92 Å². The maximum Gasteiger partial charge on any atom is 0.125 e. The topological polar surface area (TPSA) is 47.0 Å². The lowest BCUT2D eigenvalue weighted by molar-refractivity contribution is -0.000904. The standard InChI is InChI=1S/C12H21N3O/c1-10-14-6-5-11(15-10)9-13-7-8-16-12(2,3)4/h5-6,13H,7-9H2,1-4H3. The minimum absolute atomic E-state index is 0.0623. The summed E-state index contributed by atoms with van der Waals surface area (Å²) in [6.07, 6.45) is 1.78. The lowest BCUT2D eigenvalue weighted by Gasteiger charge is -2.19. The van der Waals surface area contributed by atoms with Crippen LogP contribution in [-0.4, -0.2) is 28.7 Å². The van der Waals surface area contributed by atoms with E-state index in [-0.39, 0.29) is 5.60 Å². The van der Waals surface area contributed by atoms with Gasteiger partial charge in [0.1, 0.15) is 5.82 Å². The molecule has 4 heteroatoms. The van der Waals surface area contributed by atoms with Crippen molar-refractivity contribution in [1.82, 2.24) is 15.3 Å². The molecule has 1 aromatic heterocycles. The van der Waals surface area contributed by atoms with E-state index in [2.05, 4.69) is 36.1 Å². The molecular weight excluding hydrogens is 202 g/mol. The Balaban J connectivity index is 2.17. The zero-order valence-electron chi connectivity index (χ0n) is 10.6. The highest BCUT2D eigenvalue weighted by molar-refractivity contribution is 5.00. The van der Waals surface area contributed by atoms with Crippen molar-refractivity contribution in [2.75, 3.05) is 13.2 Å². The van der Waals surface area contributed by atoms with Crippen LogP contribution in [0.4, 0.5) is 0 Å². The van der Waals surface area contributed by atoms with Crippen LogP contribution >= 0.6 is 0 Å². The summed E-state index contributed by atoms with van der Waals surface area (Å²) in [7, 11) is 0. The highest BCUT2D eigenvalue weighted by Gasteiger charge is 2.08. The molecule has 0 saturated heterocycles. The van der Waals surface area contributed by atoms with Crippen LogP contribution in [-0.2, 0) is 11.3 Å². The first kappa shape index (κ1) is 13.1. The summed E-state index contributed by atoms with van der Waals surface area (Å²) in [6.45, 7) is 10.4. The fourth-order valence-electron chi connectivity index (χ4n) is 1.25. The van der Waals surface area contributed by atoms with Gasteiger partial charge in [0.2, 0.25) is 0 Å². The Morgan fingerprint density at radius 2 is 2.12 bits per heavy atom. The quantitative estimate of drug-likeness (QED) is 0.772. The molecular formula is C12H21N3O. The minimum Gasteiger partial charge on any atom is -0.375 e. The summed E-state index contributed by atoms with van der Waals surface area (Å²) in [6, 6.07) is 1.92. The summed E-state index contributed by atoms with van der Waals surface area (Å²) < 4.78 is 5.60. The van der Waals surface area contributed by atoms with Crippen LogP contribution in [0.1, 0.15) is 32.3 Å². The second-order valence-electron chi connectivity index (χ2n) is 4.73. The van der Waals surface area contributed by atoms with Gasteiger partial charge < -0.3 is 10.1 Å². The molecule has 4 nitrogen and oxygen atoms in total. The summed E-state index contributed by atoms with van der Waals surface area (Å²) in [5.74, 6) is 0.810. The van der Waals surface area contributed by atoms with Gasteiger partial charge in [0.25, 0.3) is 0 Å². The predicted molar refractivity (Wildman–Crippen MR) is 64.2 cm³/mol.